The van der Waals surface area contributed by atoms with Crippen LogP contribution in [-0.4, -0.2) is 46.6 Å². The number of hydrazine groups is 1. The molecule has 2 saturated heterocycles. The molecule has 5 N–H and O–H groups in total. The van der Waals surface area contributed by atoms with Crippen molar-refractivity contribution < 1.29 is 5.11 Å². The zero-order chi connectivity index (χ0) is 8.01. The van der Waals surface area contributed by atoms with Crippen molar-refractivity contribution in [2.45, 2.75) is 24.9 Å². The predicted octanol–water partition coefficient (Wildman–Crippen LogP) is -2.15. The number of hydrogen-bond acceptors (Lipinski definition) is 5. The van der Waals surface area contributed by atoms with Crippen LogP contribution in [0.5, 0.6) is 0 Å². The molecule has 2 aliphatic rings. The van der Waals surface area contributed by atoms with E-state index in [9.17, 15) is 5.11 Å². The summed E-state index contributed by atoms with van der Waals surface area (Å²) >= 11 is 0. The van der Waals surface area contributed by atoms with Crippen LogP contribution in [-0.2, 0) is 0 Å². The van der Waals surface area contributed by atoms with E-state index in [1.807, 2.05) is 10.0 Å². The molecule has 2 aliphatic heterocycles. The number of fused-ring (bicyclic) bond motifs is 1. The van der Waals surface area contributed by atoms with Gasteiger partial charge in [-0.2, -0.15) is 0 Å². The van der Waals surface area contributed by atoms with E-state index in [2.05, 4.69) is 0 Å². The summed E-state index contributed by atoms with van der Waals surface area (Å²) in [5.74, 6) is 0. The minimum atomic E-state index is -0.576. The first-order valence-electron chi connectivity index (χ1n) is 3.94. The maximum Gasteiger partial charge on any atom is 0.138 e. The van der Waals surface area contributed by atoms with Crippen LogP contribution in [0.15, 0.2) is 0 Å². The topological polar surface area (TPSA) is 78.8 Å². The highest BCUT2D eigenvalue weighted by atomic mass is 16.3. The normalized spacial score (nSPS) is 46.6. The summed E-state index contributed by atoms with van der Waals surface area (Å²) in [6.45, 7) is 1.80. The first-order chi connectivity index (χ1) is 5.22. The average molecular weight is 158 g/mol. The van der Waals surface area contributed by atoms with Crippen LogP contribution in [0.2, 0.25) is 0 Å². The van der Waals surface area contributed by atoms with Crippen molar-refractivity contribution in [1.82, 2.24) is 10.0 Å². The predicted molar refractivity (Wildman–Crippen MR) is 40.0 cm³/mol. The van der Waals surface area contributed by atoms with Crippen LogP contribution >= 0.6 is 0 Å². The van der Waals surface area contributed by atoms with Crippen LogP contribution < -0.4 is 11.5 Å². The third-order valence-corrected chi connectivity index (χ3v) is 2.49. The molecule has 2 rings (SSSR count). The number of hydrogen-bond donors (Lipinski definition) is 3. The van der Waals surface area contributed by atoms with Gasteiger partial charge in [0.25, 0.3) is 0 Å². The summed E-state index contributed by atoms with van der Waals surface area (Å²) in [4.78, 5) is 0. The fourth-order valence-electron chi connectivity index (χ4n) is 1.83. The average Bonchev–Trinajstić information content (AvgIpc) is 2.53. The molecule has 5 heteroatoms. The summed E-state index contributed by atoms with van der Waals surface area (Å²) < 4.78 is 0. The third-order valence-electron chi connectivity index (χ3n) is 2.49. The van der Waals surface area contributed by atoms with Crippen molar-refractivity contribution in [2.24, 2.45) is 11.5 Å². The lowest BCUT2D eigenvalue weighted by molar-refractivity contribution is -0.0581. The Morgan fingerprint density at radius 3 is 2.45 bits per heavy atom. The van der Waals surface area contributed by atoms with Gasteiger partial charge in [0.1, 0.15) is 6.23 Å². The molecule has 64 valence electrons. The second kappa shape index (κ2) is 2.40. The van der Waals surface area contributed by atoms with Gasteiger partial charge in [-0.25, -0.2) is 10.0 Å². The summed E-state index contributed by atoms with van der Waals surface area (Å²) in [5.41, 5.74) is 11.4. The van der Waals surface area contributed by atoms with Gasteiger partial charge in [0.15, 0.2) is 0 Å². The molecule has 0 amide bonds. The van der Waals surface area contributed by atoms with Gasteiger partial charge in [-0.3, -0.25) is 0 Å². The molecule has 2 heterocycles. The summed E-state index contributed by atoms with van der Waals surface area (Å²) in [5, 5.41) is 13.3. The Hall–Kier alpha value is -0.200. The van der Waals surface area contributed by atoms with Crippen molar-refractivity contribution in [3.05, 3.63) is 0 Å². The van der Waals surface area contributed by atoms with E-state index in [-0.39, 0.29) is 12.2 Å². The number of nitrogens with zero attached hydrogens (tertiary/aromatic N) is 2. The molecule has 3 unspecified atom stereocenters. The van der Waals surface area contributed by atoms with E-state index in [4.69, 9.17) is 11.5 Å². The minimum absolute atomic E-state index is 0.201. The molecule has 0 aliphatic carbocycles. The first-order valence-corrected chi connectivity index (χ1v) is 3.94. The monoisotopic (exact) mass is 158 g/mol. The Balaban J connectivity index is 2.17. The van der Waals surface area contributed by atoms with Crippen LogP contribution in [0.1, 0.15) is 6.42 Å². The molecule has 0 saturated carbocycles. The Bertz CT molecular complexity index is 149. The molecule has 0 aromatic heterocycles. The molecule has 0 radical (unpaired) electrons. The quantitative estimate of drug-likeness (QED) is 0.375. The zero-order valence-corrected chi connectivity index (χ0v) is 6.35. The molecule has 0 spiro atoms. The lowest BCUT2D eigenvalue weighted by Crippen LogP contribution is -2.48. The Kier molecular flexibility index (Phi) is 1.62. The Labute approximate surface area is 65.5 Å². The highest BCUT2D eigenvalue weighted by molar-refractivity contribution is 4.92. The van der Waals surface area contributed by atoms with Crippen molar-refractivity contribution in [1.29, 1.82) is 0 Å². The lowest BCUT2D eigenvalue weighted by Gasteiger charge is -2.22. The van der Waals surface area contributed by atoms with Gasteiger partial charge in [-0.15, -0.1) is 0 Å². The standard InChI is InChI=1S/C6H14N4O/c7-4-5(8)9-2-1-3-10(9)6(4)11/h4-6,11H,1-3,7-8H2. The molecule has 0 aromatic rings. The third kappa shape index (κ3) is 0.896. The molecule has 5 nitrogen and oxygen atoms in total. The fraction of sp³-hybridized carbons (Fsp3) is 1.00. The van der Waals surface area contributed by atoms with Gasteiger partial charge >= 0.3 is 0 Å². The second-order valence-electron chi connectivity index (χ2n) is 3.16. The molecule has 0 aromatic carbocycles. The molecule has 2 fully saturated rings. The van der Waals surface area contributed by atoms with Crippen LogP contribution in [0, 0.1) is 0 Å². The number of aliphatic hydroxyl groups is 1. The van der Waals surface area contributed by atoms with E-state index >= 15 is 0 Å². The SMILES string of the molecule is NC1C(N)N2CCCN2C1O. The molecule has 3 atom stereocenters. The van der Waals surface area contributed by atoms with E-state index in [1.165, 1.54) is 0 Å². The lowest BCUT2D eigenvalue weighted by atomic mass is 10.2. The number of aliphatic hydroxyl groups excluding tert-OH is 1. The smallest absolute Gasteiger partial charge is 0.138 e. The molecular weight excluding hydrogens is 144 g/mol. The Morgan fingerprint density at radius 2 is 1.82 bits per heavy atom. The van der Waals surface area contributed by atoms with E-state index in [1.54, 1.807) is 0 Å². The van der Waals surface area contributed by atoms with E-state index < -0.39 is 6.23 Å². The van der Waals surface area contributed by atoms with Gasteiger partial charge in [0.2, 0.25) is 0 Å². The highest BCUT2D eigenvalue weighted by Gasteiger charge is 2.45. The molecular formula is C6H14N4O. The van der Waals surface area contributed by atoms with Crippen LogP contribution in [0.4, 0.5) is 0 Å². The van der Waals surface area contributed by atoms with Crippen molar-refractivity contribution >= 4 is 0 Å². The molecule has 11 heavy (non-hydrogen) atoms. The zero-order valence-electron chi connectivity index (χ0n) is 6.35. The highest BCUT2D eigenvalue weighted by Crippen LogP contribution is 2.24. The van der Waals surface area contributed by atoms with E-state index in [0.29, 0.717) is 0 Å². The van der Waals surface area contributed by atoms with Crippen molar-refractivity contribution in [3.63, 3.8) is 0 Å². The Morgan fingerprint density at radius 1 is 1.18 bits per heavy atom. The summed E-state index contributed by atoms with van der Waals surface area (Å²) in [7, 11) is 0. The summed E-state index contributed by atoms with van der Waals surface area (Å²) in [6, 6.07) is -0.324. The number of nitrogens with two attached hydrogens (primary N) is 2. The van der Waals surface area contributed by atoms with Gasteiger partial charge < -0.3 is 16.6 Å². The maximum absolute atomic E-state index is 9.52. The second-order valence-corrected chi connectivity index (χ2v) is 3.16. The van der Waals surface area contributed by atoms with Crippen molar-refractivity contribution in [3.8, 4) is 0 Å². The van der Waals surface area contributed by atoms with Gasteiger partial charge in [-0.05, 0) is 6.42 Å². The van der Waals surface area contributed by atoms with Gasteiger partial charge in [0, 0.05) is 13.1 Å². The van der Waals surface area contributed by atoms with Crippen LogP contribution in [0.25, 0.3) is 0 Å². The fourth-order valence-corrected chi connectivity index (χ4v) is 1.83. The number of rotatable bonds is 0. The van der Waals surface area contributed by atoms with Gasteiger partial charge in [0.05, 0.1) is 12.2 Å². The minimum Gasteiger partial charge on any atom is -0.375 e. The van der Waals surface area contributed by atoms with E-state index in [0.717, 1.165) is 19.5 Å². The maximum atomic E-state index is 9.52. The largest absolute Gasteiger partial charge is 0.375 e. The molecule has 0 bridgehead atoms. The van der Waals surface area contributed by atoms with Crippen molar-refractivity contribution in [2.75, 3.05) is 13.1 Å². The van der Waals surface area contributed by atoms with Crippen LogP contribution in [0.3, 0.4) is 0 Å². The summed E-state index contributed by atoms with van der Waals surface area (Å²) in [6.07, 6.45) is 0.289. The first kappa shape index (κ1) is 7.45. The van der Waals surface area contributed by atoms with Gasteiger partial charge in [-0.1, -0.05) is 0 Å².